The van der Waals surface area contributed by atoms with Crippen LogP contribution in [0.25, 0.3) is 6.08 Å². The van der Waals surface area contributed by atoms with Crippen molar-refractivity contribution in [2.24, 2.45) is 0 Å². The summed E-state index contributed by atoms with van der Waals surface area (Å²) in [6.07, 6.45) is 5.29. The summed E-state index contributed by atoms with van der Waals surface area (Å²) in [5.41, 5.74) is 0.921. The quantitative estimate of drug-likeness (QED) is 0.825. The molecule has 5 nitrogen and oxygen atoms in total. The highest BCUT2D eigenvalue weighted by Gasteiger charge is 2.17. The maximum Gasteiger partial charge on any atom is 0.244 e. The van der Waals surface area contributed by atoms with Crippen LogP contribution in [0.3, 0.4) is 0 Å². The third-order valence-electron chi connectivity index (χ3n) is 3.37. The molecule has 2 amide bonds. The number of carbonyl (C=O) groups excluding carboxylic acids is 2. The molecule has 1 fully saturated rings. The van der Waals surface area contributed by atoms with E-state index in [0.717, 1.165) is 24.2 Å². The van der Waals surface area contributed by atoms with Gasteiger partial charge in [0.25, 0.3) is 0 Å². The molecule has 2 N–H and O–H groups in total. The second-order valence-electron chi connectivity index (χ2n) is 5.01. The molecule has 1 aromatic rings. The lowest BCUT2D eigenvalue weighted by Crippen LogP contribution is -2.35. The molecule has 1 aliphatic rings. The molecule has 0 aromatic heterocycles. The molecule has 0 spiro atoms. The number of nitrogens with one attached hydrogen (secondary N) is 2. The largest absolute Gasteiger partial charge is 0.497 e. The van der Waals surface area contributed by atoms with Gasteiger partial charge in [0.15, 0.2) is 0 Å². The van der Waals surface area contributed by atoms with Crippen molar-refractivity contribution in [1.82, 2.24) is 10.6 Å². The zero-order valence-corrected chi connectivity index (χ0v) is 12.1. The summed E-state index contributed by atoms with van der Waals surface area (Å²) in [4.78, 5) is 23.3. The Morgan fingerprint density at radius 3 is 2.86 bits per heavy atom. The summed E-state index contributed by atoms with van der Waals surface area (Å²) < 4.78 is 5.08. The number of ether oxygens (including phenoxy) is 1. The van der Waals surface area contributed by atoms with Gasteiger partial charge in [0, 0.05) is 25.1 Å². The third kappa shape index (κ3) is 4.95. The van der Waals surface area contributed by atoms with Crippen LogP contribution in [0.4, 0.5) is 0 Å². The number of methoxy groups -OCH3 is 1. The lowest BCUT2D eigenvalue weighted by atomic mass is 10.1. The maximum atomic E-state index is 11.9. The first-order chi connectivity index (χ1) is 10.2. The highest BCUT2D eigenvalue weighted by atomic mass is 16.5. The van der Waals surface area contributed by atoms with Crippen LogP contribution in [0.15, 0.2) is 30.3 Å². The van der Waals surface area contributed by atoms with Crippen molar-refractivity contribution in [3.63, 3.8) is 0 Å². The Morgan fingerprint density at radius 2 is 2.14 bits per heavy atom. The van der Waals surface area contributed by atoms with Crippen molar-refractivity contribution in [1.29, 1.82) is 0 Å². The topological polar surface area (TPSA) is 67.4 Å². The highest BCUT2D eigenvalue weighted by Crippen LogP contribution is 2.12. The van der Waals surface area contributed by atoms with Crippen molar-refractivity contribution in [3.05, 3.63) is 35.9 Å². The molecule has 0 bridgehead atoms. The van der Waals surface area contributed by atoms with Gasteiger partial charge in [-0.2, -0.15) is 0 Å². The van der Waals surface area contributed by atoms with Crippen LogP contribution >= 0.6 is 0 Å². The molecule has 1 atom stereocenters. The van der Waals surface area contributed by atoms with E-state index in [-0.39, 0.29) is 17.9 Å². The van der Waals surface area contributed by atoms with Crippen LogP contribution in [0.5, 0.6) is 5.75 Å². The average Bonchev–Trinajstić information content (AvgIpc) is 2.69. The van der Waals surface area contributed by atoms with E-state index >= 15 is 0 Å². The number of amides is 2. The fourth-order valence-electron chi connectivity index (χ4n) is 2.23. The molecule has 0 saturated carbocycles. The molecule has 1 saturated heterocycles. The summed E-state index contributed by atoms with van der Waals surface area (Å²) in [5, 5.41) is 5.67. The van der Waals surface area contributed by atoms with Crippen LogP contribution < -0.4 is 15.4 Å². The Morgan fingerprint density at radius 1 is 1.38 bits per heavy atom. The number of hydrogen-bond acceptors (Lipinski definition) is 3. The minimum Gasteiger partial charge on any atom is -0.497 e. The number of carbonyl (C=O) groups is 2. The Hall–Kier alpha value is -2.30. The van der Waals surface area contributed by atoms with Gasteiger partial charge in [-0.25, -0.2) is 0 Å². The molecular weight excluding hydrogens is 268 g/mol. The number of rotatable bonds is 4. The minimum atomic E-state index is -0.175. The van der Waals surface area contributed by atoms with E-state index in [2.05, 4.69) is 10.6 Å². The van der Waals surface area contributed by atoms with E-state index in [0.29, 0.717) is 13.0 Å². The SMILES string of the molecule is COc1ccc(C=CC(=O)NC2CCCNC(=O)C2)cc1. The lowest BCUT2D eigenvalue weighted by molar-refractivity contribution is -0.121. The van der Waals surface area contributed by atoms with Gasteiger partial charge in [0.05, 0.1) is 7.11 Å². The first-order valence-electron chi connectivity index (χ1n) is 7.06. The zero-order valence-electron chi connectivity index (χ0n) is 12.1. The van der Waals surface area contributed by atoms with E-state index in [1.165, 1.54) is 6.08 Å². The molecule has 0 aliphatic carbocycles. The van der Waals surface area contributed by atoms with Crippen LogP contribution in [-0.4, -0.2) is 31.5 Å². The molecular formula is C16H20N2O3. The predicted octanol–water partition coefficient (Wildman–Crippen LogP) is 1.49. The monoisotopic (exact) mass is 288 g/mol. The van der Waals surface area contributed by atoms with Gasteiger partial charge in [-0.1, -0.05) is 12.1 Å². The van der Waals surface area contributed by atoms with E-state index in [1.54, 1.807) is 13.2 Å². The van der Waals surface area contributed by atoms with E-state index in [4.69, 9.17) is 4.74 Å². The molecule has 112 valence electrons. The molecule has 2 rings (SSSR count). The average molecular weight is 288 g/mol. The van der Waals surface area contributed by atoms with Crippen LogP contribution in [0.2, 0.25) is 0 Å². The smallest absolute Gasteiger partial charge is 0.244 e. The molecule has 1 heterocycles. The normalized spacial score (nSPS) is 18.9. The first kappa shape index (κ1) is 15.1. The summed E-state index contributed by atoms with van der Waals surface area (Å²) in [6.45, 7) is 0.687. The van der Waals surface area contributed by atoms with Gasteiger partial charge in [-0.3, -0.25) is 9.59 Å². The van der Waals surface area contributed by atoms with Gasteiger partial charge in [0.2, 0.25) is 11.8 Å². The van der Waals surface area contributed by atoms with Crippen LogP contribution in [0, 0.1) is 0 Å². The fourth-order valence-corrected chi connectivity index (χ4v) is 2.23. The summed E-state index contributed by atoms with van der Waals surface area (Å²) in [6, 6.07) is 7.35. The van der Waals surface area contributed by atoms with Gasteiger partial charge in [-0.05, 0) is 36.6 Å². The lowest BCUT2D eigenvalue weighted by Gasteiger charge is -2.13. The van der Waals surface area contributed by atoms with E-state index < -0.39 is 0 Å². The second kappa shape index (κ2) is 7.47. The molecule has 21 heavy (non-hydrogen) atoms. The standard InChI is InChI=1S/C16H20N2O3/c1-21-14-7-4-12(5-8-14)6-9-15(19)18-13-3-2-10-17-16(20)11-13/h4-9,13H,2-3,10-11H2,1H3,(H,17,20)(H,18,19). The van der Waals surface area contributed by atoms with E-state index in [1.807, 2.05) is 24.3 Å². The van der Waals surface area contributed by atoms with Crippen molar-refractivity contribution >= 4 is 17.9 Å². The molecule has 5 heteroatoms. The zero-order chi connectivity index (χ0) is 15.1. The summed E-state index contributed by atoms with van der Waals surface area (Å²) in [5.74, 6) is 0.600. The molecule has 1 aromatic carbocycles. The third-order valence-corrected chi connectivity index (χ3v) is 3.37. The van der Waals surface area contributed by atoms with Crippen molar-refractivity contribution in [3.8, 4) is 5.75 Å². The van der Waals surface area contributed by atoms with Gasteiger partial charge >= 0.3 is 0 Å². The minimum absolute atomic E-state index is 0.00284. The Balaban J connectivity index is 1.87. The van der Waals surface area contributed by atoms with Crippen molar-refractivity contribution in [2.75, 3.05) is 13.7 Å². The van der Waals surface area contributed by atoms with Gasteiger partial charge in [-0.15, -0.1) is 0 Å². The van der Waals surface area contributed by atoms with Crippen LogP contribution in [0.1, 0.15) is 24.8 Å². The van der Waals surface area contributed by atoms with Crippen molar-refractivity contribution < 1.29 is 14.3 Å². The van der Waals surface area contributed by atoms with Gasteiger partial charge < -0.3 is 15.4 Å². The van der Waals surface area contributed by atoms with Crippen molar-refractivity contribution in [2.45, 2.75) is 25.3 Å². The first-order valence-corrected chi connectivity index (χ1v) is 7.06. The maximum absolute atomic E-state index is 11.9. The number of benzene rings is 1. The fraction of sp³-hybridized carbons (Fsp3) is 0.375. The summed E-state index contributed by atoms with van der Waals surface area (Å²) in [7, 11) is 1.61. The predicted molar refractivity (Wildman–Crippen MR) is 80.8 cm³/mol. The molecule has 1 aliphatic heterocycles. The number of hydrogen-bond donors (Lipinski definition) is 2. The van der Waals surface area contributed by atoms with Gasteiger partial charge in [0.1, 0.15) is 5.75 Å². The molecule has 1 unspecified atom stereocenters. The summed E-state index contributed by atoms with van der Waals surface area (Å²) >= 11 is 0. The molecule has 0 radical (unpaired) electrons. The Kier molecular flexibility index (Phi) is 5.37. The van der Waals surface area contributed by atoms with Crippen LogP contribution in [-0.2, 0) is 9.59 Å². The Labute approximate surface area is 124 Å². The van der Waals surface area contributed by atoms with E-state index in [9.17, 15) is 9.59 Å². The second-order valence-corrected chi connectivity index (χ2v) is 5.01. The highest BCUT2D eigenvalue weighted by molar-refractivity contribution is 5.92. The Bertz CT molecular complexity index is 523.